The van der Waals surface area contributed by atoms with Crippen LogP contribution in [0.1, 0.15) is 20.7 Å². The molecular formula is C18H17Cl2N3O3. The number of hydrogen-bond donors (Lipinski definition) is 3. The quantitative estimate of drug-likeness (QED) is 0.630. The molecule has 0 unspecified atom stereocenters. The average Bonchev–Trinajstić information content (AvgIpc) is 2.63. The van der Waals surface area contributed by atoms with Crippen LogP contribution in [0, 0.1) is 0 Å². The Labute approximate surface area is 160 Å². The molecule has 3 amide bonds. The summed E-state index contributed by atoms with van der Waals surface area (Å²) in [6, 6.07) is 12.9. The molecule has 2 aromatic rings. The lowest BCUT2D eigenvalue weighted by atomic mass is 10.2. The maximum absolute atomic E-state index is 11.9. The minimum Gasteiger partial charge on any atom is -0.353 e. The van der Waals surface area contributed by atoms with Crippen molar-refractivity contribution in [2.24, 2.45) is 0 Å². The Kier molecular flexibility index (Phi) is 7.44. The third kappa shape index (κ3) is 6.38. The van der Waals surface area contributed by atoms with Gasteiger partial charge in [-0.05, 0) is 42.5 Å². The zero-order valence-electron chi connectivity index (χ0n) is 13.7. The summed E-state index contributed by atoms with van der Waals surface area (Å²) >= 11 is 11.6. The molecule has 0 saturated carbocycles. The Morgan fingerprint density at radius 3 is 2.08 bits per heavy atom. The van der Waals surface area contributed by atoms with Gasteiger partial charge in [-0.15, -0.1) is 0 Å². The zero-order chi connectivity index (χ0) is 18.9. The van der Waals surface area contributed by atoms with Gasteiger partial charge in [-0.2, -0.15) is 0 Å². The molecule has 136 valence electrons. The molecule has 26 heavy (non-hydrogen) atoms. The van der Waals surface area contributed by atoms with Gasteiger partial charge >= 0.3 is 0 Å². The van der Waals surface area contributed by atoms with Gasteiger partial charge in [0.15, 0.2) is 0 Å². The first kappa shape index (κ1) is 19.8. The maximum atomic E-state index is 11.9. The summed E-state index contributed by atoms with van der Waals surface area (Å²) in [7, 11) is 0. The van der Waals surface area contributed by atoms with Gasteiger partial charge in [0.1, 0.15) is 0 Å². The van der Waals surface area contributed by atoms with Crippen LogP contribution >= 0.6 is 23.2 Å². The Hall–Kier alpha value is -2.57. The van der Waals surface area contributed by atoms with Crippen LogP contribution in [-0.2, 0) is 4.79 Å². The molecule has 2 aromatic carbocycles. The smallest absolute Gasteiger partial charge is 0.251 e. The lowest BCUT2D eigenvalue weighted by molar-refractivity contribution is -0.120. The molecule has 0 radical (unpaired) electrons. The minimum atomic E-state index is -0.390. The summed E-state index contributed by atoms with van der Waals surface area (Å²) in [6.45, 7) is 0.330. The fraction of sp³-hybridized carbons (Fsp3) is 0.167. The first-order valence-corrected chi connectivity index (χ1v) is 8.55. The maximum Gasteiger partial charge on any atom is 0.251 e. The van der Waals surface area contributed by atoms with E-state index in [1.54, 1.807) is 42.5 Å². The number of carbonyl (C=O) groups excluding carboxylic acids is 3. The summed E-state index contributed by atoms with van der Waals surface area (Å²) < 4.78 is 0. The average molecular weight is 394 g/mol. The van der Waals surface area contributed by atoms with Crippen molar-refractivity contribution in [1.82, 2.24) is 16.0 Å². The van der Waals surface area contributed by atoms with Crippen LogP contribution in [0.5, 0.6) is 0 Å². The summed E-state index contributed by atoms with van der Waals surface area (Å²) in [5.41, 5.74) is 0.857. The number of benzene rings is 2. The molecule has 0 aliphatic rings. The summed E-state index contributed by atoms with van der Waals surface area (Å²) in [5.74, 6) is -1.01. The molecule has 0 heterocycles. The number of carbonyl (C=O) groups is 3. The fourth-order valence-electron chi connectivity index (χ4n) is 2.04. The first-order chi connectivity index (χ1) is 12.5. The van der Waals surface area contributed by atoms with Gasteiger partial charge in [0.25, 0.3) is 11.8 Å². The van der Waals surface area contributed by atoms with E-state index in [9.17, 15) is 14.4 Å². The van der Waals surface area contributed by atoms with E-state index < -0.39 is 5.91 Å². The highest BCUT2D eigenvalue weighted by Crippen LogP contribution is 2.10. The van der Waals surface area contributed by atoms with Crippen LogP contribution in [0.4, 0.5) is 0 Å². The molecule has 0 spiro atoms. The van der Waals surface area contributed by atoms with E-state index in [2.05, 4.69) is 16.0 Å². The van der Waals surface area contributed by atoms with Crippen LogP contribution in [-0.4, -0.2) is 37.4 Å². The predicted molar refractivity (Wildman–Crippen MR) is 101 cm³/mol. The van der Waals surface area contributed by atoms with Gasteiger partial charge in [0.05, 0.1) is 6.54 Å². The summed E-state index contributed by atoms with van der Waals surface area (Å²) in [4.78, 5) is 35.5. The van der Waals surface area contributed by atoms with Gasteiger partial charge in [-0.3, -0.25) is 14.4 Å². The Morgan fingerprint density at radius 1 is 0.731 bits per heavy atom. The molecule has 2 rings (SSSR count). The van der Waals surface area contributed by atoms with Crippen LogP contribution < -0.4 is 16.0 Å². The van der Waals surface area contributed by atoms with Crippen LogP contribution in [0.2, 0.25) is 10.0 Å². The molecular weight excluding hydrogens is 377 g/mol. The normalized spacial score (nSPS) is 10.1. The standard InChI is InChI=1S/C18H17Cl2N3O3/c19-14-6-4-12(5-7-14)17(25)22-9-8-21-16(24)11-23-18(26)13-2-1-3-15(20)10-13/h1-7,10H,8-9,11H2,(H,21,24)(H,22,25)(H,23,26). The molecule has 0 aliphatic heterocycles. The van der Waals surface area contributed by atoms with Crippen molar-refractivity contribution in [1.29, 1.82) is 0 Å². The third-order valence-corrected chi connectivity index (χ3v) is 3.82. The second-order valence-corrected chi connectivity index (χ2v) is 6.18. The monoisotopic (exact) mass is 393 g/mol. The minimum absolute atomic E-state index is 0.170. The highest BCUT2D eigenvalue weighted by Gasteiger charge is 2.08. The lowest BCUT2D eigenvalue weighted by Gasteiger charge is -2.08. The first-order valence-electron chi connectivity index (χ1n) is 7.80. The van der Waals surface area contributed by atoms with E-state index in [0.717, 1.165) is 0 Å². The Bertz CT molecular complexity index is 795. The van der Waals surface area contributed by atoms with Crippen molar-refractivity contribution in [3.05, 3.63) is 69.7 Å². The molecule has 0 aromatic heterocycles. The third-order valence-electron chi connectivity index (χ3n) is 3.34. The van der Waals surface area contributed by atoms with Crippen molar-refractivity contribution in [2.75, 3.05) is 19.6 Å². The van der Waals surface area contributed by atoms with E-state index in [-0.39, 0.29) is 31.4 Å². The molecule has 0 saturated heterocycles. The molecule has 8 heteroatoms. The SMILES string of the molecule is O=C(CNC(=O)c1cccc(Cl)c1)NCCNC(=O)c1ccc(Cl)cc1. The summed E-state index contributed by atoms with van der Waals surface area (Å²) in [6.07, 6.45) is 0. The highest BCUT2D eigenvalue weighted by molar-refractivity contribution is 6.31. The van der Waals surface area contributed by atoms with Crippen LogP contribution in [0.15, 0.2) is 48.5 Å². The van der Waals surface area contributed by atoms with Crippen LogP contribution in [0.3, 0.4) is 0 Å². The van der Waals surface area contributed by atoms with Crippen molar-refractivity contribution >= 4 is 40.9 Å². The van der Waals surface area contributed by atoms with Gasteiger partial charge in [-0.1, -0.05) is 29.3 Å². The molecule has 0 bridgehead atoms. The Balaban J connectivity index is 1.65. The molecule has 0 aliphatic carbocycles. The van der Waals surface area contributed by atoms with Gasteiger partial charge < -0.3 is 16.0 Å². The fourth-order valence-corrected chi connectivity index (χ4v) is 2.35. The van der Waals surface area contributed by atoms with Crippen molar-refractivity contribution in [3.63, 3.8) is 0 Å². The second-order valence-electron chi connectivity index (χ2n) is 5.31. The zero-order valence-corrected chi connectivity index (χ0v) is 15.2. The number of halogens is 2. The number of nitrogens with one attached hydrogen (secondary N) is 3. The van der Waals surface area contributed by atoms with Crippen molar-refractivity contribution in [2.45, 2.75) is 0 Å². The van der Waals surface area contributed by atoms with Crippen molar-refractivity contribution < 1.29 is 14.4 Å². The van der Waals surface area contributed by atoms with Gasteiger partial charge in [-0.25, -0.2) is 0 Å². The summed E-state index contributed by atoms with van der Waals surface area (Å²) in [5, 5.41) is 8.76. The molecule has 0 fully saturated rings. The molecule has 3 N–H and O–H groups in total. The number of rotatable bonds is 7. The van der Waals surface area contributed by atoms with Gasteiger partial charge in [0.2, 0.25) is 5.91 Å². The van der Waals surface area contributed by atoms with E-state index in [4.69, 9.17) is 23.2 Å². The molecule has 0 atom stereocenters. The largest absolute Gasteiger partial charge is 0.353 e. The lowest BCUT2D eigenvalue weighted by Crippen LogP contribution is -2.40. The van der Waals surface area contributed by atoms with E-state index in [0.29, 0.717) is 21.2 Å². The molecule has 6 nitrogen and oxygen atoms in total. The predicted octanol–water partition coefficient (Wildman–Crippen LogP) is 2.27. The van der Waals surface area contributed by atoms with Crippen LogP contribution in [0.25, 0.3) is 0 Å². The second kappa shape index (κ2) is 9.79. The van der Waals surface area contributed by atoms with Gasteiger partial charge in [0, 0.05) is 34.3 Å². The number of amides is 3. The number of hydrogen-bond acceptors (Lipinski definition) is 3. The van der Waals surface area contributed by atoms with E-state index >= 15 is 0 Å². The topological polar surface area (TPSA) is 87.3 Å². The highest BCUT2D eigenvalue weighted by atomic mass is 35.5. The van der Waals surface area contributed by atoms with E-state index in [1.165, 1.54) is 6.07 Å². The van der Waals surface area contributed by atoms with E-state index in [1.807, 2.05) is 0 Å². The Morgan fingerprint density at radius 2 is 1.38 bits per heavy atom. The van der Waals surface area contributed by atoms with Crippen molar-refractivity contribution in [3.8, 4) is 0 Å².